The van der Waals surface area contributed by atoms with Gasteiger partial charge in [-0.1, -0.05) is 0 Å². The zero-order valence-electron chi connectivity index (χ0n) is 11.7. The lowest BCUT2D eigenvalue weighted by atomic mass is 10.3. The van der Waals surface area contributed by atoms with E-state index < -0.39 is 10.2 Å². The monoisotopic (exact) mass is 293 g/mol. The number of amides is 1. The maximum Gasteiger partial charge on any atom is 0.279 e. The van der Waals surface area contributed by atoms with E-state index in [4.69, 9.17) is 4.74 Å². The molecule has 1 saturated heterocycles. The number of morpholine rings is 1. The second-order valence-corrected chi connectivity index (χ2v) is 6.57. The first-order valence-corrected chi connectivity index (χ1v) is 7.90. The van der Waals surface area contributed by atoms with E-state index in [1.54, 1.807) is 0 Å². The van der Waals surface area contributed by atoms with Gasteiger partial charge in [0.2, 0.25) is 5.91 Å². The molecule has 19 heavy (non-hydrogen) atoms. The van der Waals surface area contributed by atoms with Crippen molar-refractivity contribution in [2.45, 2.75) is 39.4 Å². The first-order chi connectivity index (χ1) is 8.81. The standard InChI is InChI=1S/C11H23N3O4S/c1-9-7-14(8-10(2)18-9)19(16,17)13-6-4-5-12-11(3)15/h9-10,13H,4-8H2,1-3H3,(H,12,15)/t9-,10+. The largest absolute Gasteiger partial charge is 0.373 e. The zero-order valence-corrected chi connectivity index (χ0v) is 12.5. The first-order valence-electron chi connectivity index (χ1n) is 6.46. The van der Waals surface area contributed by atoms with Gasteiger partial charge in [-0.25, -0.2) is 4.72 Å². The van der Waals surface area contributed by atoms with E-state index in [2.05, 4.69) is 10.0 Å². The molecule has 8 heteroatoms. The summed E-state index contributed by atoms with van der Waals surface area (Å²) in [5.74, 6) is -0.112. The molecule has 0 aromatic carbocycles. The third-order valence-electron chi connectivity index (χ3n) is 2.74. The number of rotatable bonds is 6. The summed E-state index contributed by atoms with van der Waals surface area (Å²) in [5, 5.41) is 2.62. The van der Waals surface area contributed by atoms with Crippen LogP contribution in [0.25, 0.3) is 0 Å². The Bertz CT molecular complexity index is 389. The van der Waals surface area contributed by atoms with Gasteiger partial charge in [-0.15, -0.1) is 0 Å². The van der Waals surface area contributed by atoms with Crippen LogP contribution in [0.1, 0.15) is 27.2 Å². The van der Waals surface area contributed by atoms with Crippen molar-refractivity contribution in [1.29, 1.82) is 0 Å². The fraction of sp³-hybridized carbons (Fsp3) is 0.909. The Hall–Kier alpha value is -0.700. The van der Waals surface area contributed by atoms with E-state index in [9.17, 15) is 13.2 Å². The fourth-order valence-corrected chi connectivity index (χ4v) is 3.37. The molecule has 0 unspecified atom stereocenters. The number of nitrogens with one attached hydrogen (secondary N) is 2. The Morgan fingerprint density at radius 3 is 2.37 bits per heavy atom. The molecule has 0 aromatic heterocycles. The Balaban J connectivity index is 2.36. The molecule has 0 aromatic rings. The molecule has 1 amide bonds. The van der Waals surface area contributed by atoms with Crippen LogP contribution in [-0.4, -0.2) is 57.0 Å². The Kier molecular flexibility index (Phi) is 6.18. The van der Waals surface area contributed by atoms with Gasteiger partial charge in [-0.05, 0) is 20.3 Å². The molecular weight excluding hydrogens is 270 g/mol. The van der Waals surface area contributed by atoms with Gasteiger partial charge in [0.05, 0.1) is 12.2 Å². The quantitative estimate of drug-likeness (QED) is 0.644. The second kappa shape index (κ2) is 7.18. The SMILES string of the molecule is CC(=O)NCCCNS(=O)(=O)N1C[C@@H](C)O[C@@H](C)C1. The second-order valence-electron chi connectivity index (χ2n) is 4.81. The molecule has 2 atom stereocenters. The van der Waals surface area contributed by atoms with E-state index in [-0.39, 0.29) is 18.1 Å². The van der Waals surface area contributed by atoms with Gasteiger partial charge in [0.15, 0.2) is 0 Å². The molecular formula is C11H23N3O4S. The van der Waals surface area contributed by atoms with Gasteiger partial charge >= 0.3 is 0 Å². The number of hydrogen-bond donors (Lipinski definition) is 2. The van der Waals surface area contributed by atoms with Crippen LogP contribution in [0.15, 0.2) is 0 Å². The smallest absolute Gasteiger partial charge is 0.279 e. The highest BCUT2D eigenvalue weighted by Gasteiger charge is 2.30. The van der Waals surface area contributed by atoms with Crippen molar-refractivity contribution in [3.8, 4) is 0 Å². The molecule has 1 aliphatic rings. The molecule has 1 fully saturated rings. The van der Waals surface area contributed by atoms with E-state index in [0.29, 0.717) is 32.6 Å². The Morgan fingerprint density at radius 2 is 1.84 bits per heavy atom. The summed E-state index contributed by atoms with van der Waals surface area (Å²) >= 11 is 0. The van der Waals surface area contributed by atoms with Crippen LogP contribution < -0.4 is 10.0 Å². The molecule has 2 N–H and O–H groups in total. The van der Waals surface area contributed by atoms with Gasteiger partial charge in [-0.3, -0.25) is 4.79 Å². The Labute approximate surface area is 114 Å². The third kappa shape index (κ3) is 5.85. The first kappa shape index (κ1) is 16.4. The summed E-state index contributed by atoms with van der Waals surface area (Å²) in [6.45, 7) is 6.65. The number of nitrogens with zero attached hydrogens (tertiary/aromatic N) is 1. The lowest BCUT2D eigenvalue weighted by Crippen LogP contribution is -2.52. The number of hydrogen-bond acceptors (Lipinski definition) is 4. The maximum atomic E-state index is 12.0. The molecule has 1 aliphatic heterocycles. The minimum Gasteiger partial charge on any atom is -0.373 e. The molecule has 7 nitrogen and oxygen atoms in total. The van der Waals surface area contributed by atoms with Crippen molar-refractivity contribution in [2.75, 3.05) is 26.2 Å². The van der Waals surface area contributed by atoms with E-state index in [1.165, 1.54) is 11.2 Å². The van der Waals surface area contributed by atoms with Crippen molar-refractivity contribution in [3.63, 3.8) is 0 Å². The van der Waals surface area contributed by atoms with Crippen LogP contribution in [0, 0.1) is 0 Å². The fourth-order valence-electron chi connectivity index (χ4n) is 1.97. The van der Waals surface area contributed by atoms with Crippen LogP contribution in [0.2, 0.25) is 0 Å². The summed E-state index contributed by atoms with van der Waals surface area (Å²) in [4.78, 5) is 10.7. The highest BCUT2D eigenvalue weighted by Crippen LogP contribution is 2.13. The average Bonchev–Trinajstić information content (AvgIpc) is 2.26. The van der Waals surface area contributed by atoms with Crippen LogP contribution in [0.5, 0.6) is 0 Å². The molecule has 0 spiro atoms. The molecule has 112 valence electrons. The summed E-state index contributed by atoms with van der Waals surface area (Å²) in [7, 11) is -3.46. The lowest BCUT2D eigenvalue weighted by molar-refractivity contribution is -0.118. The zero-order chi connectivity index (χ0) is 14.5. The van der Waals surface area contributed by atoms with Gasteiger partial charge in [-0.2, -0.15) is 12.7 Å². The number of ether oxygens (including phenoxy) is 1. The van der Waals surface area contributed by atoms with E-state index >= 15 is 0 Å². The van der Waals surface area contributed by atoms with E-state index in [0.717, 1.165) is 0 Å². The molecule has 0 aliphatic carbocycles. The van der Waals surface area contributed by atoms with Crippen molar-refractivity contribution in [2.24, 2.45) is 0 Å². The highest BCUT2D eigenvalue weighted by atomic mass is 32.2. The summed E-state index contributed by atoms with van der Waals surface area (Å²) < 4.78 is 33.5. The highest BCUT2D eigenvalue weighted by molar-refractivity contribution is 7.87. The van der Waals surface area contributed by atoms with Gasteiger partial charge in [0.25, 0.3) is 10.2 Å². The maximum absolute atomic E-state index is 12.0. The van der Waals surface area contributed by atoms with Gasteiger partial charge in [0.1, 0.15) is 0 Å². The van der Waals surface area contributed by atoms with Crippen LogP contribution in [0.4, 0.5) is 0 Å². The number of carbonyl (C=O) groups excluding carboxylic acids is 1. The van der Waals surface area contributed by atoms with Gasteiger partial charge < -0.3 is 10.1 Å². The van der Waals surface area contributed by atoms with Crippen LogP contribution in [-0.2, 0) is 19.7 Å². The van der Waals surface area contributed by atoms with Crippen molar-refractivity contribution in [1.82, 2.24) is 14.3 Å². The van der Waals surface area contributed by atoms with Crippen molar-refractivity contribution in [3.05, 3.63) is 0 Å². The molecule has 1 rings (SSSR count). The Morgan fingerprint density at radius 1 is 1.26 bits per heavy atom. The minimum absolute atomic E-state index is 0.0975. The van der Waals surface area contributed by atoms with Crippen LogP contribution in [0.3, 0.4) is 0 Å². The molecule has 0 bridgehead atoms. The molecule has 0 saturated carbocycles. The predicted octanol–water partition coefficient (Wildman–Crippen LogP) is -0.544. The van der Waals surface area contributed by atoms with Crippen LogP contribution >= 0.6 is 0 Å². The average molecular weight is 293 g/mol. The predicted molar refractivity (Wildman–Crippen MR) is 71.8 cm³/mol. The lowest BCUT2D eigenvalue weighted by Gasteiger charge is -2.34. The van der Waals surface area contributed by atoms with E-state index in [1.807, 2.05) is 13.8 Å². The van der Waals surface area contributed by atoms with Crippen molar-refractivity contribution >= 4 is 16.1 Å². The van der Waals surface area contributed by atoms with Gasteiger partial charge in [0, 0.05) is 33.1 Å². The molecule has 1 heterocycles. The number of carbonyl (C=O) groups is 1. The molecule has 0 radical (unpaired) electrons. The minimum atomic E-state index is -3.46. The summed E-state index contributed by atoms with van der Waals surface area (Å²) in [6, 6.07) is 0. The normalized spacial score (nSPS) is 25.2. The summed E-state index contributed by atoms with van der Waals surface area (Å²) in [6.07, 6.45) is 0.369. The topological polar surface area (TPSA) is 87.7 Å². The van der Waals surface area contributed by atoms with Crippen molar-refractivity contribution < 1.29 is 17.9 Å². The third-order valence-corrected chi connectivity index (χ3v) is 4.28. The summed E-state index contributed by atoms with van der Waals surface area (Å²) in [5.41, 5.74) is 0.